The van der Waals surface area contributed by atoms with Gasteiger partial charge in [0.15, 0.2) is 6.61 Å². The van der Waals surface area contributed by atoms with E-state index in [1.54, 1.807) is 7.11 Å². The fraction of sp³-hybridized carbons (Fsp3) is 0.533. The molecule has 5 nitrogen and oxygen atoms in total. The van der Waals surface area contributed by atoms with Crippen molar-refractivity contribution in [3.8, 4) is 5.75 Å². The summed E-state index contributed by atoms with van der Waals surface area (Å²) in [7, 11) is 1.55. The number of ether oxygens (including phenoxy) is 2. The fourth-order valence-corrected chi connectivity index (χ4v) is 2.48. The molecule has 0 spiro atoms. The lowest BCUT2D eigenvalue weighted by molar-refractivity contribution is -0.126. The highest BCUT2D eigenvalue weighted by Crippen LogP contribution is 2.21. The summed E-state index contributed by atoms with van der Waals surface area (Å²) in [6, 6.07) is 5.12. The molecule has 1 aliphatic rings. The molecule has 2 rings (SSSR count). The first-order valence-corrected chi connectivity index (χ1v) is 6.98. The second kappa shape index (κ2) is 7.38. The SMILES string of the molecule is CO[C@@H]1CCC[C@@H](NC(=O)COc2ccc(F)cc2)[C@H]1O. The number of benzene rings is 1. The summed E-state index contributed by atoms with van der Waals surface area (Å²) < 4.78 is 23.2. The van der Waals surface area contributed by atoms with Crippen LogP contribution in [-0.4, -0.2) is 43.0 Å². The predicted molar refractivity (Wildman–Crippen MR) is 74.5 cm³/mol. The minimum atomic E-state index is -0.710. The van der Waals surface area contributed by atoms with Gasteiger partial charge in [0, 0.05) is 7.11 Å². The van der Waals surface area contributed by atoms with Crippen LogP contribution >= 0.6 is 0 Å². The lowest BCUT2D eigenvalue weighted by Crippen LogP contribution is -2.52. The topological polar surface area (TPSA) is 67.8 Å². The zero-order chi connectivity index (χ0) is 15.2. The van der Waals surface area contributed by atoms with E-state index in [0.717, 1.165) is 12.8 Å². The van der Waals surface area contributed by atoms with Crippen molar-refractivity contribution in [2.45, 2.75) is 37.5 Å². The maximum Gasteiger partial charge on any atom is 0.258 e. The Morgan fingerprint density at radius 2 is 2.10 bits per heavy atom. The number of carbonyl (C=O) groups is 1. The Labute approximate surface area is 123 Å². The molecule has 1 aliphatic carbocycles. The third kappa shape index (κ3) is 4.41. The van der Waals surface area contributed by atoms with E-state index in [2.05, 4.69) is 5.32 Å². The molecule has 1 saturated carbocycles. The molecule has 0 aliphatic heterocycles. The Balaban J connectivity index is 1.80. The maximum absolute atomic E-state index is 12.7. The first kappa shape index (κ1) is 15.7. The Hall–Kier alpha value is -1.66. The van der Waals surface area contributed by atoms with Gasteiger partial charge in [0.1, 0.15) is 17.7 Å². The van der Waals surface area contributed by atoms with Crippen LogP contribution in [0, 0.1) is 5.82 Å². The molecule has 0 aromatic heterocycles. The molecule has 116 valence electrons. The highest BCUT2D eigenvalue weighted by molar-refractivity contribution is 5.77. The van der Waals surface area contributed by atoms with Crippen molar-refractivity contribution in [3.05, 3.63) is 30.1 Å². The molecule has 0 heterocycles. The number of hydrogen-bond donors (Lipinski definition) is 2. The number of hydrogen-bond acceptors (Lipinski definition) is 4. The van der Waals surface area contributed by atoms with Gasteiger partial charge in [-0.25, -0.2) is 4.39 Å². The molecule has 0 radical (unpaired) electrons. The number of halogens is 1. The van der Waals surface area contributed by atoms with Gasteiger partial charge in [-0.3, -0.25) is 4.79 Å². The lowest BCUT2D eigenvalue weighted by atomic mass is 9.90. The van der Waals surface area contributed by atoms with Gasteiger partial charge in [-0.2, -0.15) is 0 Å². The van der Waals surface area contributed by atoms with E-state index < -0.39 is 6.10 Å². The third-order valence-electron chi connectivity index (χ3n) is 3.63. The predicted octanol–water partition coefficient (Wildman–Crippen LogP) is 1.25. The molecule has 0 bridgehead atoms. The molecular formula is C15H20FNO4. The number of rotatable bonds is 5. The molecule has 6 heteroatoms. The molecule has 0 saturated heterocycles. The van der Waals surface area contributed by atoms with Crippen LogP contribution in [0.25, 0.3) is 0 Å². The van der Waals surface area contributed by atoms with Crippen molar-refractivity contribution in [3.63, 3.8) is 0 Å². The van der Waals surface area contributed by atoms with E-state index in [-0.39, 0.29) is 30.5 Å². The normalized spacial score (nSPS) is 25.4. The molecule has 0 unspecified atom stereocenters. The van der Waals surface area contributed by atoms with Crippen LogP contribution in [0.2, 0.25) is 0 Å². The number of nitrogens with one attached hydrogen (secondary N) is 1. The summed E-state index contributed by atoms with van der Waals surface area (Å²) in [5, 5.41) is 12.8. The van der Waals surface area contributed by atoms with Gasteiger partial charge in [-0.15, -0.1) is 0 Å². The van der Waals surface area contributed by atoms with Crippen LogP contribution in [0.4, 0.5) is 4.39 Å². The van der Waals surface area contributed by atoms with Crippen LogP contribution in [0.3, 0.4) is 0 Å². The Morgan fingerprint density at radius 3 is 2.76 bits per heavy atom. The van der Waals surface area contributed by atoms with Crippen LogP contribution in [0.5, 0.6) is 5.75 Å². The van der Waals surface area contributed by atoms with Crippen molar-refractivity contribution in [1.82, 2.24) is 5.32 Å². The van der Waals surface area contributed by atoms with E-state index in [1.807, 2.05) is 0 Å². The van der Waals surface area contributed by atoms with Crippen LogP contribution in [-0.2, 0) is 9.53 Å². The van der Waals surface area contributed by atoms with E-state index >= 15 is 0 Å². The second-order valence-electron chi connectivity index (χ2n) is 5.11. The second-order valence-corrected chi connectivity index (χ2v) is 5.11. The highest BCUT2D eigenvalue weighted by atomic mass is 19.1. The first-order valence-electron chi connectivity index (χ1n) is 6.98. The number of methoxy groups -OCH3 is 1. The Morgan fingerprint density at radius 1 is 1.38 bits per heavy atom. The van der Waals surface area contributed by atoms with Gasteiger partial charge in [-0.1, -0.05) is 0 Å². The number of aliphatic hydroxyl groups is 1. The van der Waals surface area contributed by atoms with E-state index in [0.29, 0.717) is 12.2 Å². The minimum Gasteiger partial charge on any atom is -0.484 e. The Kier molecular flexibility index (Phi) is 5.52. The van der Waals surface area contributed by atoms with Crippen molar-refractivity contribution in [2.75, 3.05) is 13.7 Å². The summed E-state index contributed by atoms with van der Waals surface area (Å²) in [6.07, 6.45) is 1.43. The van der Waals surface area contributed by atoms with Gasteiger partial charge < -0.3 is 19.9 Å². The van der Waals surface area contributed by atoms with Crippen LogP contribution in [0.1, 0.15) is 19.3 Å². The molecular weight excluding hydrogens is 277 g/mol. The van der Waals surface area contributed by atoms with Crippen molar-refractivity contribution >= 4 is 5.91 Å². The van der Waals surface area contributed by atoms with Crippen LogP contribution in [0.15, 0.2) is 24.3 Å². The monoisotopic (exact) mass is 297 g/mol. The summed E-state index contributed by atoms with van der Waals surface area (Å²) in [5.41, 5.74) is 0. The molecule has 1 amide bonds. The number of aliphatic hydroxyl groups excluding tert-OH is 1. The average Bonchev–Trinajstić information content (AvgIpc) is 2.49. The number of carbonyl (C=O) groups excluding carboxylic acids is 1. The van der Waals surface area contributed by atoms with E-state index in [9.17, 15) is 14.3 Å². The average molecular weight is 297 g/mol. The zero-order valence-electron chi connectivity index (χ0n) is 11.9. The van der Waals surface area contributed by atoms with E-state index in [1.165, 1.54) is 24.3 Å². The zero-order valence-corrected chi connectivity index (χ0v) is 11.9. The largest absolute Gasteiger partial charge is 0.484 e. The van der Waals surface area contributed by atoms with Crippen molar-refractivity contribution < 1.29 is 23.8 Å². The first-order chi connectivity index (χ1) is 10.1. The highest BCUT2D eigenvalue weighted by Gasteiger charge is 2.32. The van der Waals surface area contributed by atoms with Gasteiger partial charge in [-0.05, 0) is 43.5 Å². The van der Waals surface area contributed by atoms with Gasteiger partial charge in [0.2, 0.25) is 0 Å². The summed E-state index contributed by atoms with van der Waals surface area (Å²) in [5.74, 6) is -0.256. The molecule has 2 N–H and O–H groups in total. The maximum atomic E-state index is 12.7. The smallest absolute Gasteiger partial charge is 0.258 e. The third-order valence-corrected chi connectivity index (χ3v) is 3.63. The fourth-order valence-electron chi connectivity index (χ4n) is 2.48. The lowest BCUT2D eigenvalue weighted by Gasteiger charge is -2.34. The van der Waals surface area contributed by atoms with Crippen molar-refractivity contribution in [1.29, 1.82) is 0 Å². The Bertz CT molecular complexity index is 465. The summed E-state index contributed by atoms with van der Waals surface area (Å²) in [6.45, 7) is -0.174. The van der Waals surface area contributed by atoms with Crippen molar-refractivity contribution in [2.24, 2.45) is 0 Å². The summed E-state index contributed by atoms with van der Waals surface area (Å²) in [4.78, 5) is 11.8. The van der Waals surface area contributed by atoms with Gasteiger partial charge >= 0.3 is 0 Å². The quantitative estimate of drug-likeness (QED) is 0.858. The summed E-state index contributed by atoms with van der Waals surface area (Å²) >= 11 is 0. The molecule has 3 atom stereocenters. The molecule has 21 heavy (non-hydrogen) atoms. The molecule has 1 aromatic rings. The molecule has 1 fully saturated rings. The van der Waals surface area contributed by atoms with E-state index in [4.69, 9.17) is 9.47 Å². The van der Waals surface area contributed by atoms with Gasteiger partial charge in [0.05, 0.1) is 12.1 Å². The molecule has 1 aromatic carbocycles. The van der Waals surface area contributed by atoms with Crippen LogP contribution < -0.4 is 10.1 Å². The van der Waals surface area contributed by atoms with Gasteiger partial charge in [0.25, 0.3) is 5.91 Å². The standard InChI is InChI=1S/C15H20FNO4/c1-20-13-4-2-3-12(15(13)19)17-14(18)9-21-11-7-5-10(16)6-8-11/h5-8,12-13,15,19H,2-4,9H2,1H3,(H,17,18)/t12-,13-,15-/m1/s1. The number of amides is 1. The minimum absolute atomic E-state index is 0.174.